The molecule has 19 heavy (non-hydrogen) atoms. The first kappa shape index (κ1) is 15.7. The highest BCUT2D eigenvalue weighted by Crippen LogP contribution is 2.25. The van der Waals surface area contributed by atoms with E-state index in [0.717, 1.165) is 6.42 Å². The lowest BCUT2D eigenvalue weighted by Crippen LogP contribution is -2.24. The average molecular weight is 287 g/mol. The number of aliphatic hydroxyl groups excluding tert-OH is 1. The number of benzene rings is 1. The highest BCUT2D eigenvalue weighted by Gasteiger charge is 2.18. The van der Waals surface area contributed by atoms with Crippen molar-refractivity contribution in [1.29, 1.82) is 0 Å². The van der Waals surface area contributed by atoms with Gasteiger partial charge in [0, 0.05) is 18.3 Å². The largest absolute Gasteiger partial charge is 0.399 e. The zero-order valence-electron chi connectivity index (χ0n) is 11.2. The number of aliphatic hydroxyl groups is 1. The maximum atomic E-state index is 11.9. The van der Waals surface area contributed by atoms with Gasteiger partial charge in [-0.05, 0) is 38.1 Å². The Bertz CT molecular complexity index is 517. The van der Waals surface area contributed by atoms with Crippen LogP contribution in [0.3, 0.4) is 0 Å². The number of hydrogen-bond donors (Lipinski definition) is 4. The van der Waals surface area contributed by atoms with Gasteiger partial charge < -0.3 is 16.2 Å². The van der Waals surface area contributed by atoms with Gasteiger partial charge in [0.15, 0.2) is 0 Å². The number of nitrogens with two attached hydrogens (primary N) is 1. The predicted octanol–water partition coefficient (Wildman–Crippen LogP) is 0.750. The van der Waals surface area contributed by atoms with Crippen LogP contribution in [-0.2, 0) is 10.0 Å². The lowest BCUT2D eigenvalue weighted by molar-refractivity contribution is 0.278. The first-order valence-electron chi connectivity index (χ1n) is 6.15. The Morgan fingerprint density at radius 2 is 2.11 bits per heavy atom. The summed E-state index contributed by atoms with van der Waals surface area (Å²) in [5.41, 5.74) is 6.51. The molecule has 5 N–H and O–H groups in total. The number of rotatable bonds is 7. The Kier molecular flexibility index (Phi) is 5.59. The summed E-state index contributed by atoms with van der Waals surface area (Å²) in [6, 6.07) is 4.71. The number of anilines is 2. The van der Waals surface area contributed by atoms with Gasteiger partial charge in [0.25, 0.3) is 0 Å². The van der Waals surface area contributed by atoms with E-state index in [1.165, 1.54) is 13.1 Å². The molecule has 0 heterocycles. The van der Waals surface area contributed by atoms with Gasteiger partial charge in [0.05, 0.1) is 5.69 Å². The second-order valence-electron chi connectivity index (χ2n) is 4.22. The molecule has 0 saturated heterocycles. The molecule has 1 aromatic rings. The second kappa shape index (κ2) is 6.74. The summed E-state index contributed by atoms with van der Waals surface area (Å²) in [4.78, 5) is 0.117. The van der Waals surface area contributed by atoms with Crippen molar-refractivity contribution in [2.24, 2.45) is 0 Å². The summed E-state index contributed by atoms with van der Waals surface area (Å²) in [6.07, 6.45) is 1.34. The molecule has 0 bridgehead atoms. The van der Waals surface area contributed by atoms with Crippen LogP contribution in [0.4, 0.5) is 11.4 Å². The normalized spacial score (nSPS) is 13.2. The molecule has 0 aromatic heterocycles. The van der Waals surface area contributed by atoms with Crippen molar-refractivity contribution in [1.82, 2.24) is 4.72 Å². The molecule has 1 rings (SSSR count). The van der Waals surface area contributed by atoms with E-state index in [0.29, 0.717) is 17.8 Å². The van der Waals surface area contributed by atoms with E-state index in [2.05, 4.69) is 10.0 Å². The Hall–Kier alpha value is -1.31. The predicted molar refractivity (Wildman–Crippen MR) is 76.5 cm³/mol. The fourth-order valence-corrected chi connectivity index (χ4v) is 2.67. The van der Waals surface area contributed by atoms with E-state index < -0.39 is 10.0 Å². The summed E-state index contributed by atoms with van der Waals surface area (Å²) in [5.74, 6) is 0. The fraction of sp³-hybridized carbons (Fsp3) is 0.500. The first-order valence-corrected chi connectivity index (χ1v) is 7.63. The van der Waals surface area contributed by atoms with E-state index in [1.807, 2.05) is 6.92 Å². The highest BCUT2D eigenvalue weighted by atomic mass is 32.2. The van der Waals surface area contributed by atoms with Crippen molar-refractivity contribution >= 4 is 21.4 Å². The molecule has 1 aromatic carbocycles. The highest BCUT2D eigenvalue weighted by molar-refractivity contribution is 7.89. The van der Waals surface area contributed by atoms with E-state index >= 15 is 0 Å². The van der Waals surface area contributed by atoms with Crippen LogP contribution >= 0.6 is 0 Å². The Labute approximate surface area is 114 Å². The van der Waals surface area contributed by atoms with Crippen molar-refractivity contribution in [3.8, 4) is 0 Å². The SMILES string of the molecule is CCC(CCO)Nc1ccc(N)cc1S(=O)(=O)NC. The van der Waals surface area contributed by atoms with E-state index in [9.17, 15) is 8.42 Å². The van der Waals surface area contributed by atoms with E-state index in [1.54, 1.807) is 12.1 Å². The van der Waals surface area contributed by atoms with Crippen LogP contribution in [0, 0.1) is 0 Å². The van der Waals surface area contributed by atoms with Crippen molar-refractivity contribution in [3.63, 3.8) is 0 Å². The molecule has 7 heteroatoms. The molecule has 0 aliphatic rings. The minimum atomic E-state index is -3.58. The van der Waals surface area contributed by atoms with Crippen molar-refractivity contribution in [2.75, 3.05) is 24.7 Å². The van der Waals surface area contributed by atoms with Gasteiger partial charge in [-0.3, -0.25) is 0 Å². The van der Waals surface area contributed by atoms with Gasteiger partial charge in [-0.25, -0.2) is 13.1 Å². The molecule has 6 nitrogen and oxygen atoms in total. The van der Waals surface area contributed by atoms with Crippen LogP contribution in [0.5, 0.6) is 0 Å². The van der Waals surface area contributed by atoms with Crippen molar-refractivity contribution < 1.29 is 13.5 Å². The number of nitrogens with one attached hydrogen (secondary N) is 2. The number of sulfonamides is 1. The van der Waals surface area contributed by atoms with Crippen molar-refractivity contribution in [3.05, 3.63) is 18.2 Å². The minimum Gasteiger partial charge on any atom is -0.399 e. The van der Waals surface area contributed by atoms with Crippen LogP contribution in [0.25, 0.3) is 0 Å². The van der Waals surface area contributed by atoms with Crippen LogP contribution < -0.4 is 15.8 Å². The molecule has 1 unspecified atom stereocenters. The molecule has 1 atom stereocenters. The molecule has 0 fully saturated rings. The number of hydrogen-bond acceptors (Lipinski definition) is 5. The molecule has 0 aliphatic heterocycles. The van der Waals surface area contributed by atoms with Crippen LogP contribution in [0.2, 0.25) is 0 Å². The summed E-state index contributed by atoms with van der Waals surface area (Å²) in [5, 5.41) is 12.1. The maximum absolute atomic E-state index is 11.9. The standard InChI is InChI=1S/C12H21N3O3S/c1-3-10(6-7-16)15-11-5-4-9(13)8-12(11)19(17,18)14-2/h4-5,8,10,14-16H,3,6-7,13H2,1-2H3. The van der Waals surface area contributed by atoms with E-state index in [-0.39, 0.29) is 17.5 Å². The smallest absolute Gasteiger partial charge is 0.242 e. The van der Waals surface area contributed by atoms with Gasteiger partial charge in [0.2, 0.25) is 10.0 Å². The summed E-state index contributed by atoms with van der Waals surface area (Å²) >= 11 is 0. The fourth-order valence-electron chi connectivity index (χ4n) is 1.74. The lowest BCUT2D eigenvalue weighted by Gasteiger charge is -2.20. The Morgan fingerprint density at radius 1 is 1.42 bits per heavy atom. The monoisotopic (exact) mass is 287 g/mol. The quantitative estimate of drug-likeness (QED) is 0.554. The van der Waals surface area contributed by atoms with Crippen LogP contribution in [0.15, 0.2) is 23.1 Å². The van der Waals surface area contributed by atoms with Gasteiger partial charge >= 0.3 is 0 Å². The van der Waals surface area contributed by atoms with Gasteiger partial charge in [-0.15, -0.1) is 0 Å². The first-order chi connectivity index (χ1) is 8.94. The Balaban J connectivity index is 3.14. The third-order valence-electron chi connectivity index (χ3n) is 2.89. The van der Waals surface area contributed by atoms with Crippen molar-refractivity contribution in [2.45, 2.75) is 30.7 Å². The maximum Gasteiger partial charge on any atom is 0.242 e. The summed E-state index contributed by atoms with van der Waals surface area (Å²) < 4.78 is 26.2. The lowest BCUT2D eigenvalue weighted by atomic mass is 10.1. The van der Waals surface area contributed by atoms with E-state index in [4.69, 9.17) is 10.8 Å². The third-order valence-corrected chi connectivity index (χ3v) is 4.35. The molecule has 0 spiro atoms. The van der Waals surface area contributed by atoms with Gasteiger partial charge in [0.1, 0.15) is 4.90 Å². The number of nitrogen functional groups attached to an aromatic ring is 1. The summed E-state index contributed by atoms with van der Waals surface area (Å²) in [7, 11) is -2.22. The second-order valence-corrected chi connectivity index (χ2v) is 6.08. The molecule has 0 radical (unpaired) electrons. The zero-order valence-corrected chi connectivity index (χ0v) is 12.0. The average Bonchev–Trinajstić information content (AvgIpc) is 2.39. The topological polar surface area (TPSA) is 104 Å². The van der Waals surface area contributed by atoms with Gasteiger partial charge in [-0.2, -0.15) is 0 Å². The molecular formula is C12H21N3O3S. The molecule has 0 aliphatic carbocycles. The Morgan fingerprint density at radius 3 is 2.63 bits per heavy atom. The van der Waals surface area contributed by atoms with Crippen LogP contribution in [-0.4, -0.2) is 33.2 Å². The minimum absolute atomic E-state index is 0.0134. The summed E-state index contributed by atoms with van der Waals surface area (Å²) in [6.45, 7) is 2.02. The molecule has 108 valence electrons. The van der Waals surface area contributed by atoms with Gasteiger partial charge in [-0.1, -0.05) is 6.92 Å². The third kappa shape index (κ3) is 4.09. The molecule has 0 saturated carbocycles. The zero-order chi connectivity index (χ0) is 14.5. The molecule has 0 amide bonds. The molecular weight excluding hydrogens is 266 g/mol. The van der Waals surface area contributed by atoms with Crippen LogP contribution in [0.1, 0.15) is 19.8 Å².